The van der Waals surface area contributed by atoms with Crippen LogP contribution in [0.4, 0.5) is 4.39 Å². The highest BCUT2D eigenvalue weighted by molar-refractivity contribution is 5.34. The number of nitrogens with two attached hydrogens (primary N) is 1. The molecular formula is C9H8FN. The first-order valence-corrected chi connectivity index (χ1v) is 3.27. The lowest BCUT2D eigenvalue weighted by Crippen LogP contribution is -1.92. The van der Waals surface area contributed by atoms with Crippen LogP contribution in [0.25, 0.3) is 0 Å². The zero-order valence-corrected chi connectivity index (χ0v) is 5.97. The van der Waals surface area contributed by atoms with E-state index in [1.54, 1.807) is 12.1 Å². The standard InChI is InChI=1S/C9H8FN/c10-9-5-3-8(4-6-9)2-1-7-11/h3-6H,7,11H2. The van der Waals surface area contributed by atoms with Crippen molar-refractivity contribution >= 4 is 0 Å². The maximum absolute atomic E-state index is 12.3. The topological polar surface area (TPSA) is 26.0 Å². The lowest BCUT2D eigenvalue weighted by molar-refractivity contribution is 0.627. The third-order valence-corrected chi connectivity index (χ3v) is 1.18. The Morgan fingerprint density at radius 1 is 1.27 bits per heavy atom. The fourth-order valence-corrected chi connectivity index (χ4v) is 0.686. The second-order valence-corrected chi connectivity index (χ2v) is 2.01. The lowest BCUT2D eigenvalue weighted by Gasteiger charge is -1.87. The molecule has 56 valence electrons. The van der Waals surface area contributed by atoms with E-state index in [0.717, 1.165) is 5.56 Å². The number of hydrogen-bond donors (Lipinski definition) is 1. The van der Waals surface area contributed by atoms with Crippen LogP contribution >= 0.6 is 0 Å². The van der Waals surface area contributed by atoms with Crippen LogP contribution < -0.4 is 5.73 Å². The molecule has 0 heterocycles. The zero-order chi connectivity index (χ0) is 8.10. The first-order valence-electron chi connectivity index (χ1n) is 3.27. The van der Waals surface area contributed by atoms with Gasteiger partial charge in [0, 0.05) is 5.56 Å². The first-order chi connectivity index (χ1) is 5.33. The molecule has 0 atom stereocenters. The van der Waals surface area contributed by atoms with Gasteiger partial charge < -0.3 is 5.73 Å². The number of rotatable bonds is 0. The van der Waals surface area contributed by atoms with Gasteiger partial charge in [0.05, 0.1) is 6.54 Å². The molecule has 0 fully saturated rings. The quantitative estimate of drug-likeness (QED) is 0.550. The monoisotopic (exact) mass is 149 g/mol. The number of benzene rings is 1. The lowest BCUT2D eigenvalue weighted by atomic mass is 10.2. The number of hydrogen-bond acceptors (Lipinski definition) is 1. The highest BCUT2D eigenvalue weighted by Crippen LogP contribution is 1.99. The SMILES string of the molecule is NCC#Cc1ccc(F)cc1. The molecule has 2 heteroatoms. The molecule has 0 aromatic heterocycles. The molecule has 1 nitrogen and oxygen atoms in total. The smallest absolute Gasteiger partial charge is 0.123 e. The van der Waals surface area contributed by atoms with Gasteiger partial charge in [0.2, 0.25) is 0 Å². The Hall–Kier alpha value is -1.33. The molecule has 11 heavy (non-hydrogen) atoms. The first kappa shape index (κ1) is 7.77. The molecule has 0 radical (unpaired) electrons. The van der Waals surface area contributed by atoms with E-state index < -0.39 is 0 Å². The van der Waals surface area contributed by atoms with Crippen molar-refractivity contribution < 1.29 is 4.39 Å². The van der Waals surface area contributed by atoms with Crippen molar-refractivity contribution in [2.75, 3.05) is 6.54 Å². The van der Waals surface area contributed by atoms with E-state index in [1.165, 1.54) is 12.1 Å². The van der Waals surface area contributed by atoms with Crippen molar-refractivity contribution in [3.8, 4) is 11.8 Å². The Kier molecular flexibility index (Phi) is 2.65. The van der Waals surface area contributed by atoms with E-state index >= 15 is 0 Å². The van der Waals surface area contributed by atoms with Gasteiger partial charge in [-0.05, 0) is 24.3 Å². The van der Waals surface area contributed by atoms with E-state index in [1.807, 2.05) is 0 Å². The molecule has 1 rings (SSSR count). The van der Waals surface area contributed by atoms with Crippen LogP contribution in [-0.2, 0) is 0 Å². The predicted molar refractivity (Wildman–Crippen MR) is 42.3 cm³/mol. The molecule has 0 aliphatic rings. The van der Waals surface area contributed by atoms with Crippen molar-refractivity contribution in [2.24, 2.45) is 5.73 Å². The van der Waals surface area contributed by atoms with Gasteiger partial charge in [-0.3, -0.25) is 0 Å². The Labute approximate surface area is 65.0 Å². The van der Waals surface area contributed by atoms with Crippen molar-refractivity contribution in [3.63, 3.8) is 0 Å². The summed E-state index contributed by atoms with van der Waals surface area (Å²) in [7, 11) is 0. The maximum atomic E-state index is 12.3. The van der Waals surface area contributed by atoms with E-state index in [4.69, 9.17) is 5.73 Å². The second-order valence-electron chi connectivity index (χ2n) is 2.01. The van der Waals surface area contributed by atoms with Crippen LogP contribution in [-0.4, -0.2) is 6.54 Å². The molecule has 0 amide bonds. The Morgan fingerprint density at radius 2 is 1.91 bits per heavy atom. The Bertz CT molecular complexity index is 279. The van der Waals surface area contributed by atoms with E-state index in [9.17, 15) is 4.39 Å². The number of halogens is 1. The minimum atomic E-state index is -0.247. The van der Waals surface area contributed by atoms with E-state index in [2.05, 4.69) is 11.8 Å². The van der Waals surface area contributed by atoms with Crippen molar-refractivity contribution in [1.29, 1.82) is 0 Å². The molecule has 2 N–H and O–H groups in total. The Balaban J connectivity index is 2.82. The second kappa shape index (κ2) is 3.75. The van der Waals surface area contributed by atoms with Gasteiger partial charge in [-0.25, -0.2) is 4.39 Å². The fourth-order valence-electron chi connectivity index (χ4n) is 0.686. The van der Waals surface area contributed by atoms with Gasteiger partial charge in [-0.2, -0.15) is 0 Å². The van der Waals surface area contributed by atoms with Gasteiger partial charge in [0.1, 0.15) is 5.82 Å². The van der Waals surface area contributed by atoms with Gasteiger partial charge in [0.25, 0.3) is 0 Å². The molecule has 0 spiro atoms. The van der Waals surface area contributed by atoms with Gasteiger partial charge in [0.15, 0.2) is 0 Å². The summed E-state index contributed by atoms with van der Waals surface area (Å²) in [5.74, 6) is 5.22. The summed E-state index contributed by atoms with van der Waals surface area (Å²) in [6, 6.07) is 6.00. The molecular weight excluding hydrogens is 141 g/mol. The van der Waals surface area contributed by atoms with Crippen molar-refractivity contribution in [3.05, 3.63) is 35.6 Å². The highest BCUT2D eigenvalue weighted by Gasteiger charge is 1.86. The van der Waals surface area contributed by atoms with Gasteiger partial charge in [-0.15, -0.1) is 0 Å². The molecule has 0 saturated carbocycles. The average Bonchev–Trinajstić information content (AvgIpc) is 2.04. The average molecular weight is 149 g/mol. The van der Waals surface area contributed by atoms with Crippen LogP contribution in [0.3, 0.4) is 0 Å². The van der Waals surface area contributed by atoms with Crippen LogP contribution in [0.15, 0.2) is 24.3 Å². The molecule has 1 aromatic rings. The van der Waals surface area contributed by atoms with Crippen LogP contribution in [0.2, 0.25) is 0 Å². The summed E-state index contributed by atoms with van der Waals surface area (Å²) in [6.45, 7) is 0.331. The minimum Gasteiger partial charge on any atom is -0.320 e. The van der Waals surface area contributed by atoms with Crippen LogP contribution in [0, 0.1) is 17.7 Å². The Morgan fingerprint density at radius 3 is 2.45 bits per heavy atom. The van der Waals surface area contributed by atoms with E-state index in [-0.39, 0.29) is 5.82 Å². The third kappa shape index (κ3) is 2.40. The summed E-state index contributed by atoms with van der Waals surface area (Å²) in [4.78, 5) is 0. The molecule has 1 aromatic carbocycles. The minimum absolute atomic E-state index is 0.247. The van der Waals surface area contributed by atoms with Crippen LogP contribution in [0.1, 0.15) is 5.56 Å². The molecule has 0 aliphatic carbocycles. The van der Waals surface area contributed by atoms with Crippen LogP contribution in [0.5, 0.6) is 0 Å². The van der Waals surface area contributed by atoms with Gasteiger partial charge >= 0.3 is 0 Å². The summed E-state index contributed by atoms with van der Waals surface area (Å²) < 4.78 is 12.3. The maximum Gasteiger partial charge on any atom is 0.123 e. The third-order valence-electron chi connectivity index (χ3n) is 1.18. The molecule has 0 saturated heterocycles. The van der Waals surface area contributed by atoms with Crippen molar-refractivity contribution in [1.82, 2.24) is 0 Å². The normalized spacial score (nSPS) is 8.55. The molecule has 0 aliphatic heterocycles. The summed E-state index contributed by atoms with van der Waals surface area (Å²) in [5, 5.41) is 0. The summed E-state index contributed by atoms with van der Waals surface area (Å²) in [5.41, 5.74) is 5.95. The zero-order valence-electron chi connectivity index (χ0n) is 5.97. The molecule has 0 bridgehead atoms. The van der Waals surface area contributed by atoms with E-state index in [0.29, 0.717) is 6.54 Å². The summed E-state index contributed by atoms with van der Waals surface area (Å²) in [6.07, 6.45) is 0. The van der Waals surface area contributed by atoms with Gasteiger partial charge in [-0.1, -0.05) is 11.8 Å². The molecule has 0 unspecified atom stereocenters. The largest absolute Gasteiger partial charge is 0.320 e. The summed E-state index contributed by atoms with van der Waals surface area (Å²) >= 11 is 0. The highest BCUT2D eigenvalue weighted by atomic mass is 19.1. The van der Waals surface area contributed by atoms with Crippen molar-refractivity contribution in [2.45, 2.75) is 0 Å². The predicted octanol–water partition coefficient (Wildman–Crippen LogP) is 1.14. The fraction of sp³-hybridized carbons (Fsp3) is 0.111.